The van der Waals surface area contributed by atoms with Crippen LogP contribution < -0.4 is 10.1 Å². The Hall–Kier alpha value is -2.21. The number of amides is 1. The zero-order valence-corrected chi connectivity index (χ0v) is 14.8. The molecule has 1 aromatic carbocycles. The second-order valence-electron chi connectivity index (χ2n) is 6.89. The van der Waals surface area contributed by atoms with Gasteiger partial charge in [0, 0.05) is 6.42 Å². The van der Waals surface area contributed by atoms with Gasteiger partial charge in [0.25, 0.3) is 5.91 Å². The number of ether oxygens (including phenoxy) is 1. The van der Waals surface area contributed by atoms with E-state index in [1.54, 1.807) is 0 Å². The minimum absolute atomic E-state index is 0.0757. The van der Waals surface area contributed by atoms with Crippen LogP contribution >= 0.6 is 11.3 Å². The van der Waals surface area contributed by atoms with Gasteiger partial charge in [-0.15, -0.1) is 0 Å². The van der Waals surface area contributed by atoms with E-state index in [9.17, 15) is 9.59 Å². The lowest BCUT2D eigenvalue weighted by atomic mass is 9.78. The fourth-order valence-corrected chi connectivity index (χ4v) is 3.72. The summed E-state index contributed by atoms with van der Waals surface area (Å²) in [5.74, 6) is 0.477. The summed E-state index contributed by atoms with van der Waals surface area (Å²) in [6, 6.07) is 7.52. The summed E-state index contributed by atoms with van der Waals surface area (Å²) in [5, 5.41) is 3.19. The summed E-state index contributed by atoms with van der Waals surface area (Å²) in [5.41, 5.74) is 1.78. The van der Waals surface area contributed by atoms with Gasteiger partial charge >= 0.3 is 0 Å². The highest BCUT2D eigenvalue weighted by Crippen LogP contribution is 2.38. The summed E-state index contributed by atoms with van der Waals surface area (Å²) in [4.78, 5) is 29.3. The second-order valence-corrected chi connectivity index (χ2v) is 7.89. The molecule has 0 saturated heterocycles. The van der Waals surface area contributed by atoms with Crippen molar-refractivity contribution >= 4 is 28.2 Å². The molecule has 0 bridgehead atoms. The maximum absolute atomic E-state index is 12.2. The second kappa shape index (κ2) is 6.36. The van der Waals surface area contributed by atoms with Gasteiger partial charge in [-0.05, 0) is 36.5 Å². The Morgan fingerprint density at radius 3 is 2.92 bits per heavy atom. The molecular weight excluding hydrogens is 324 g/mol. The Kier molecular flexibility index (Phi) is 4.41. The van der Waals surface area contributed by atoms with Gasteiger partial charge < -0.3 is 4.74 Å². The number of hydrogen-bond acceptors (Lipinski definition) is 5. The number of thiazole rings is 1. The third kappa shape index (κ3) is 3.82. The van der Waals surface area contributed by atoms with Gasteiger partial charge in [-0.25, -0.2) is 4.98 Å². The Morgan fingerprint density at radius 1 is 1.38 bits per heavy atom. The van der Waals surface area contributed by atoms with Crippen LogP contribution in [0.15, 0.2) is 24.3 Å². The molecule has 1 heterocycles. The number of carbonyl (C=O) groups is 2. The molecule has 2 aromatic rings. The van der Waals surface area contributed by atoms with Gasteiger partial charge in [0.05, 0.1) is 10.6 Å². The molecule has 1 aromatic heterocycles. The molecule has 0 spiro atoms. The van der Waals surface area contributed by atoms with Crippen LogP contribution in [0.1, 0.15) is 41.2 Å². The van der Waals surface area contributed by atoms with Gasteiger partial charge in [-0.2, -0.15) is 0 Å². The Labute approximate surface area is 145 Å². The topological polar surface area (TPSA) is 68.3 Å². The van der Waals surface area contributed by atoms with Crippen LogP contribution in [-0.2, 0) is 11.2 Å². The predicted molar refractivity (Wildman–Crippen MR) is 93.9 cm³/mol. The van der Waals surface area contributed by atoms with Crippen LogP contribution in [0.5, 0.6) is 5.75 Å². The lowest BCUT2D eigenvalue weighted by Crippen LogP contribution is -2.26. The van der Waals surface area contributed by atoms with Crippen molar-refractivity contribution in [3.63, 3.8) is 0 Å². The zero-order valence-electron chi connectivity index (χ0n) is 14.0. The SMILES string of the molecule is Cc1cccc(OCC(=O)Nc2nc3c(s2)C(=O)CC(C)(C)C3)c1. The molecule has 1 amide bonds. The first-order valence-corrected chi connectivity index (χ1v) is 8.66. The van der Waals surface area contributed by atoms with E-state index in [-0.39, 0.29) is 23.7 Å². The fraction of sp³-hybridized carbons (Fsp3) is 0.389. The molecule has 0 atom stereocenters. The molecule has 0 aliphatic heterocycles. The molecule has 3 rings (SSSR count). The van der Waals surface area contributed by atoms with E-state index < -0.39 is 0 Å². The summed E-state index contributed by atoms with van der Waals surface area (Å²) < 4.78 is 5.47. The molecule has 0 saturated carbocycles. The highest BCUT2D eigenvalue weighted by atomic mass is 32.1. The van der Waals surface area contributed by atoms with Crippen LogP contribution in [0.4, 0.5) is 5.13 Å². The molecule has 1 N–H and O–H groups in total. The minimum Gasteiger partial charge on any atom is -0.484 e. The Morgan fingerprint density at radius 2 is 2.17 bits per heavy atom. The van der Waals surface area contributed by atoms with E-state index >= 15 is 0 Å². The number of carbonyl (C=O) groups excluding carboxylic acids is 2. The molecule has 6 heteroatoms. The van der Waals surface area contributed by atoms with Crippen molar-refractivity contribution in [2.24, 2.45) is 5.41 Å². The van der Waals surface area contributed by atoms with Gasteiger partial charge in [-0.3, -0.25) is 14.9 Å². The molecular formula is C18H20N2O3S. The van der Waals surface area contributed by atoms with Crippen molar-refractivity contribution in [3.05, 3.63) is 40.4 Å². The smallest absolute Gasteiger partial charge is 0.264 e. The van der Waals surface area contributed by atoms with Gasteiger partial charge in [-0.1, -0.05) is 37.3 Å². The number of ketones is 1. The monoisotopic (exact) mass is 344 g/mol. The molecule has 126 valence electrons. The normalized spacial score (nSPS) is 15.7. The highest BCUT2D eigenvalue weighted by molar-refractivity contribution is 7.17. The van der Waals surface area contributed by atoms with E-state index in [1.165, 1.54) is 11.3 Å². The lowest BCUT2D eigenvalue weighted by molar-refractivity contribution is -0.118. The predicted octanol–water partition coefficient (Wildman–Crippen LogP) is 3.62. The molecule has 1 aliphatic rings. The number of benzene rings is 1. The number of nitrogens with one attached hydrogen (secondary N) is 1. The number of aromatic nitrogens is 1. The minimum atomic E-state index is -0.283. The van der Waals surface area contributed by atoms with E-state index in [1.807, 2.05) is 31.2 Å². The number of fused-ring (bicyclic) bond motifs is 1. The quantitative estimate of drug-likeness (QED) is 0.920. The standard InChI is InChI=1S/C18H20N2O3S/c1-11-5-4-6-12(7-11)23-10-15(22)20-17-19-13-8-18(2,3)9-14(21)16(13)24-17/h4-7H,8-10H2,1-3H3,(H,19,20,22). The van der Waals surface area contributed by atoms with Crippen LogP contribution in [0.25, 0.3) is 0 Å². The summed E-state index contributed by atoms with van der Waals surface area (Å²) in [6.45, 7) is 5.99. The Balaban J connectivity index is 1.62. The molecule has 5 nitrogen and oxygen atoms in total. The van der Waals surface area contributed by atoms with Gasteiger partial charge in [0.1, 0.15) is 5.75 Å². The van der Waals surface area contributed by atoms with Crippen LogP contribution in [-0.4, -0.2) is 23.3 Å². The van der Waals surface area contributed by atoms with Crippen LogP contribution in [0.2, 0.25) is 0 Å². The van der Waals surface area contributed by atoms with E-state index in [4.69, 9.17) is 4.74 Å². The van der Waals surface area contributed by atoms with Crippen molar-refractivity contribution < 1.29 is 14.3 Å². The van der Waals surface area contributed by atoms with Crippen LogP contribution in [0, 0.1) is 12.3 Å². The van der Waals surface area contributed by atoms with Gasteiger partial charge in [0.2, 0.25) is 0 Å². The molecule has 24 heavy (non-hydrogen) atoms. The van der Waals surface area contributed by atoms with Crippen molar-refractivity contribution in [3.8, 4) is 5.75 Å². The first-order valence-electron chi connectivity index (χ1n) is 7.85. The fourth-order valence-electron chi connectivity index (χ4n) is 2.78. The molecule has 1 aliphatic carbocycles. The number of Topliss-reactive ketones (excluding diaryl/α,β-unsaturated/α-hetero) is 1. The molecule has 0 fully saturated rings. The van der Waals surface area contributed by atoms with Crippen molar-refractivity contribution in [2.45, 2.75) is 33.6 Å². The number of hydrogen-bond donors (Lipinski definition) is 1. The van der Waals surface area contributed by atoms with E-state index in [2.05, 4.69) is 24.1 Å². The number of nitrogens with zero attached hydrogens (tertiary/aromatic N) is 1. The summed E-state index contributed by atoms with van der Waals surface area (Å²) in [7, 11) is 0. The summed E-state index contributed by atoms with van der Waals surface area (Å²) in [6.07, 6.45) is 1.27. The highest BCUT2D eigenvalue weighted by Gasteiger charge is 2.34. The largest absolute Gasteiger partial charge is 0.484 e. The van der Waals surface area contributed by atoms with Crippen LogP contribution in [0.3, 0.4) is 0 Å². The van der Waals surface area contributed by atoms with Crippen molar-refractivity contribution in [1.29, 1.82) is 0 Å². The summed E-state index contributed by atoms with van der Waals surface area (Å²) >= 11 is 1.25. The molecule has 0 unspecified atom stereocenters. The van der Waals surface area contributed by atoms with E-state index in [0.717, 1.165) is 17.7 Å². The lowest BCUT2D eigenvalue weighted by Gasteiger charge is -2.26. The average molecular weight is 344 g/mol. The average Bonchev–Trinajstić information content (AvgIpc) is 2.86. The maximum Gasteiger partial charge on any atom is 0.264 e. The van der Waals surface area contributed by atoms with Crippen molar-refractivity contribution in [1.82, 2.24) is 4.98 Å². The third-order valence-electron chi connectivity index (χ3n) is 3.84. The first kappa shape index (κ1) is 16.6. The molecule has 0 radical (unpaired) electrons. The first-order chi connectivity index (χ1) is 11.3. The Bertz CT molecular complexity index is 795. The number of rotatable bonds is 4. The zero-order chi connectivity index (χ0) is 17.3. The number of anilines is 1. The van der Waals surface area contributed by atoms with Gasteiger partial charge in [0.15, 0.2) is 17.5 Å². The number of aryl methyl sites for hydroxylation is 1. The van der Waals surface area contributed by atoms with E-state index in [0.29, 0.717) is 22.2 Å². The maximum atomic E-state index is 12.2. The third-order valence-corrected chi connectivity index (χ3v) is 4.90. The van der Waals surface area contributed by atoms with Crippen molar-refractivity contribution in [2.75, 3.05) is 11.9 Å².